The lowest BCUT2D eigenvalue weighted by atomic mass is 10.1. The van der Waals surface area contributed by atoms with E-state index in [0.29, 0.717) is 0 Å². The van der Waals surface area contributed by atoms with Crippen LogP contribution in [0.2, 0.25) is 0 Å². The first-order valence-electron chi connectivity index (χ1n) is 7.66. The van der Waals surface area contributed by atoms with Gasteiger partial charge in [-0.1, -0.05) is 43.3 Å². The second-order valence-electron chi connectivity index (χ2n) is 5.23. The van der Waals surface area contributed by atoms with Gasteiger partial charge in [0.25, 0.3) is 0 Å². The van der Waals surface area contributed by atoms with Gasteiger partial charge in [-0.15, -0.1) is 11.3 Å². The van der Waals surface area contributed by atoms with Gasteiger partial charge < -0.3 is 10.6 Å². The number of allylic oxidation sites excluding steroid dienone is 2. The highest BCUT2D eigenvalue weighted by Crippen LogP contribution is 2.29. The summed E-state index contributed by atoms with van der Waals surface area (Å²) < 4.78 is 0. The summed E-state index contributed by atoms with van der Waals surface area (Å²) in [7, 11) is 0. The molecule has 0 atom stereocenters. The molecule has 2 N–H and O–H groups in total. The molecule has 0 aliphatic heterocycles. The predicted molar refractivity (Wildman–Crippen MR) is 99.2 cm³/mol. The zero-order valence-corrected chi connectivity index (χ0v) is 14.2. The van der Waals surface area contributed by atoms with Crippen molar-refractivity contribution < 1.29 is 0 Å². The number of hydrogen-bond acceptors (Lipinski definition) is 3. The van der Waals surface area contributed by atoms with Crippen molar-refractivity contribution in [2.75, 3.05) is 19.6 Å². The molecule has 2 aromatic rings. The van der Waals surface area contributed by atoms with Crippen LogP contribution in [0, 0.1) is 6.92 Å². The third kappa shape index (κ3) is 4.86. The summed E-state index contributed by atoms with van der Waals surface area (Å²) in [6, 6.07) is 10.8. The molecule has 1 aromatic carbocycles. The fraction of sp³-hybridized carbons (Fsp3) is 0.263. The lowest BCUT2D eigenvalue weighted by Gasteiger charge is -2.01. The van der Waals surface area contributed by atoms with Gasteiger partial charge >= 0.3 is 0 Å². The van der Waals surface area contributed by atoms with Crippen LogP contribution >= 0.6 is 11.3 Å². The van der Waals surface area contributed by atoms with Crippen molar-refractivity contribution in [2.24, 2.45) is 0 Å². The third-order valence-corrected chi connectivity index (χ3v) is 4.41. The van der Waals surface area contributed by atoms with Crippen LogP contribution in [0.15, 0.2) is 54.6 Å². The van der Waals surface area contributed by atoms with E-state index in [1.165, 1.54) is 21.6 Å². The Bertz CT molecular complexity index is 623. The summed E-state index contributed by atoms with van der Waals surface area (Å²) in [5.41, 5.74) is 4.85. The van der Waals surface area contributed by atoms with Crippen molar-refractivity contribution in [3.05, 3.63) is 65.0 Å². The molecule has 0 unspecified atom stereocenters. The Labute approximate surface area is 137 Å². The van der Waals surface area contributed by atoms with Crippen LogP contribution in [0.1, 0.15) is 17.4 Å². The van der Waals surface area contributed by atoms with Crippen molar-refractivity contribution in [2.45, 2.75) is 13.8 Å². The number of benzene rings is 1. The van der Waals surface area contributed by atoms with Crippen LogP contribution in [-0.2, 0) is 0 Å². The zero-order valence-electron chi connectivity index (χ0n) is 13.4. The Hall–Kier alpha value is -1.84. The monoisotopic (exact) mass is 312 g/mol. The summed E-state index contributed by atoms with van der Waals surface area (Å²) in [6.45, 7) is 11.3. The van der Waals surface area contributed by atoms with Crippen LogP contribution < -0.4 is 10.6 Å². The molecule has 1 aromatic heterocycles. The van der Waals surface area contributed by atoms with Gasteiger partial charge in [0, 0.05) is 18.0 Å². The minimum absolute atomic E-state index is 0.927. The van der Waals surface area contributed by atoms with Gasteiger partial charge in [0.1, 0.15) is 0 Å². The molecule has 0 aliphatic carbocycles. The quantitative estimate of drug-likeness (QED) is 0.556. The molecular weight excluding hydrogens is 288 g/mol. The molecule has 0 bridgehead atoms. The minimum atomic E-state index is 0.927. The molecule has 0 fully saturated rings. The predicted octanol–water partition coefficient (Wildman–Crippen LogP) is 4.45. The number of hydrogen-bond donors (Lipinski definition) is 2. The average Bonchev–Trinajstić information content (AvgIpc) is 3.01. The minimum Gasteiger partial charge on any atom is -0.390 e. The third-order valence-electron chi connectivity index (χ3n) is 3.40. The van der Waals surface area contributed by atoms with Gasteiger partial charge in [-0.3, -0.25) is 0 Å². The van der Waals surface area contributed by atoms with E-state index in [1.54, 1.807) is 11.3 Å². The molecule has 0 saturated carbocycles. The second-order valence-corrected chi connectivity index (χ2v) is 6.14. The number of likely N-dealkylation sites (N-methyl/N-ethyl adjacent to an activating group) is 1. The lowest BCUT2D eigenvalue weighted by Crippen LogP contribution is -2.23. The van der Waals surface area contributed by atoms with Gasteiger partial charge in [0.15, 0.2) is 0 Å². The maximum absolute atomic E-state index is 4.15. The number of rotatable bonds is 8. The van der Waals surface area contributed by atoms with Gasteiger partial charge in [-0.05, 0) is 53.9 Å². The van der Waals surface area contributed by atoms with Gasteiger partial charge in [-0.25, -0.2) is 0 Å². The Morgan fingerprint density at radius 1 is 1.18 bits per heavy atom. The molecule has 2 nitrogen and oxygen atoms in total. The maximum atomic E-state index is 4.15. The Balaban J connectivity index is 1.91. The molecule has 0 aliphatic rings. The molecule has 116 valence electrons. The number of aryl methyl sites for hydroxylation is 1. The van der Waals surface area contributed by atoms with Crippen LogP contribution in [-0.4, -0.2) is 19.6 Å². The van der Waals surface area contributed by atoms with E-state index in [9.17, 15) is 0 Å². The highest BCUT2D eigenvalue weighted by molar-refractivity contribution is 7.11. The van der Waals surface area contributed by atoms with Crippen molar-refractivity contribution in [3.8, 4) is 11.1 Å². The first-order valence-corrected chi connectivity index (χ1v) is 8.54. The van der Waals surface area contributed by atoms with Gasteiger partial charge in [0.2, 0.25) is 0 Å². The molecule has 0 saturated heterocycles. The summed E-state index contributed by atoms with van der Waals surface area (Å²) in [5.74, 6) is 0. The zero-order chi connectivity index (χ0) is 15.8. The van der Waals surface area contributed by atoms with Crippen LogP contribution in [0.4, 0.5) is 0 Å². The molecule has 0 amide bonds. The van der Waals surface area contributed by atoms with Gasteiger partial charge in [0.05, 0.1) is 0 Å². The first-order chi connectivity index (χ1) is 10.7. The van der Waals surface area contributed by atoms with Crippen LogP contribution in [0.5, 0.6) is 0 Å². The summed E-state index contributed by atoms with van der Waals surface area (Å²) in [5, 5.41) is 8.74. The molecule has 2 rings (SSSR count). The van der Waals surface area contributed by atoms with E-state index in [2.05, 4.69) is 66.8 Å². The van der Waals surface area contributed by atoms with E-state index in [1.807, 2.05) is 12.3 Å². The maximum Gasteiger partial charge on any atom is 0.0343 e. The van der Waals surface area contributed by atoms with Crippen molar-refractivity contribution in [3.63, 3.8) is 0 Å². The van der Waals surface area contributed by atoms with E-state index in [0.717, 1.165) is 25.2 Å². The van der Waals surface area contributed by atoms with E-state index in [4.69, 9.17) is 0 Å². The summed E-state index contributed by atoms with van der Waals surface area (Å²) in [6.07, 6.45) is 4.02. The van der Waals surface area contributed by atoms with Crippen LogP contribution in [0.3, 0.4) is 0 Å². The number of thiophene rings is 1. The normalized spacial score (nSPS) is 11.0. The average molecular weight is 312 g/mol. The molecule has 22 heavy (non-hydrogen) atoms. The van der Waals surface area contributed by atoms with Crippen LogP contribution in [0.25, 0.3) is 16.7 Å². The SMILES string of the molecule is C=C(/C=C/NCCNCC)c1cc(-c2ccc(C)cc2)cs1. The van der Waals surface area contributed by atoms with Gasteiger partial charge in [-0.2, -0.15) is 0 Å². The highest BCUT2D eigenvalue weighted by Gasteiger charge is 2.03. The van der Waals surface area contributed by atoms with E-state index >= 15 is 0 Å². The Morgan fingerprint density at radius 2 is 1.95 bits per heavy atom. The van der Waals surface area contributed by atoms with E-state index in [-0.39, 0.29) is 0 Å². The molecule has 3 heteroatoms. The van der Waals surface area contributed by atoms with Crippen molar-refractivity contribution in [1.29, 1.82) is 0 Å². The highest BCUT2D eigenvalue weighted by atomic mass is 32.1. The fourth-order valence-corrected chi connectivity index (χ4v) is 2.94. The molecule has 0 spiro atoms. The number of nitrogens with one attached hydrogen (secondary N) is 2. The largest absolute Gasteiger partial charge is 0.390 e. The standard InChI is InChI=1S/C19H24N2S/c1-4-20-11-12-21-10-9-16(3)19-13-18(14-22-19)17-7-5-15(2)6-8-17/h5-10,13-14,20-21H,3-4,11-12H2,1-2H3/b10-9+. The fourth-order valence-electron chi connectivity index (χ4n) is 2.06. The Morgan fingerprint density at radius 3 is 2.68 bits per heavy atom. The smallest absolute Gasteiger partial charge is 0.0343 e. The van der Waals surface area contributed by atoms with Crippen molar-refractivity contribution in [1.82, 2.24) is 10.6 Å². The topological polar surface area (TPSA) is 24.1 Å². The first kappa shape index (κ1) is 16.5. The van der Waals surface area contributed by atoms with Crippen molar-refractivity contribution >= 4 is 16.9 Å². The lowest BCUT2D eigenvalue weighted by molar-refractivity contribution is 0.687. The second kappa shape index (κ2) is 8.57. The molecule has 1 heterocycles. The molecule has 0 radical (unpaired) electrons. The van der Waals surface area contributed by atoms with E-state index < -0.39 is 0 Å². The Kier molecular flexibility index (Phi) is 6.44. The molecular formula is C19H24N2S. The summed E-state index contributed by atoms with van der Waals surface area (Å²) in [4.78, 5) is 1.21. The summed E-state index contributed by atoms with van der Waals surface area (Å²) >= 11 is 1.74.